The van der Waals surface area contributed by atoms with Crippen LogP contribution in [0, 0.1) is 13.8 Å². The van der Waals surface area contributed by atoms with Crippen molar-refractivity contribution in [2.75, 3.05) is 13.1 Å². The molecule has 0 heterocycles. The predicted octanol–water partition coefficient (Wildman–Crippen LogP) is 5.73. The molecule has 2 aromatic carbocycles. The maximum Gasteiger partial charge on any atom is -0.000822 e. The summed E-state index contributed by atoms with van der Waals surface area (Å²) in [5.74, 6) is 0. The van der Waals surface area contributed by atoms with E-state index in [4.69, 9.17) is 0 Å². The van der Waals surface area contributed by atoms with Gasteiger partial charge in [-0.1, -0.05) is 76.2 Å². The molecule has 0 bridgehead atoms. The highest BCUT2D eigenvalue weighted by molar-refractivity contribution is 5.30. The Morgan fingerprint density at radius 1 is 0.652 bits per heavy atom. The predicted molar refractivity (Wildman–Crippen MR) is 105 cm³/mol. The first kappa shape index (κ1) is 21.4. The van der Waals surface area contributed by atoms with Gasteiger partial charge in [0.05, 0.1) is 0 Å². The van der Waals surface area contributed by atoms with Crippen LogP contribution < -0.4 is 5.32 Å². The maximum atomic E-state index is 3.52. The van der Waals surface area contributed by atoms with E-state index < -0.39 is 0 Å². The third kappa shape index (κ3) is 9.20. The Hall–Kier alpha value is -1.60. The molecule has 0 atom stereocenters. The Balaban J connectivity index is 0.00000112. The van der Waals surface area contributed by atoms with Gasteiger partial charge in [0.1, 0.15) is 0 Å². The lowest BCUT2D eigenvalue weighted by Crippen LogP contribution is -2.20. The summed E-state index contributed by atoms with van der Waals surface area (Å²) in [4.78, 5) is 0. The van der Waals surface area contributed by atoms with Crippen molar-refractivity contribution in [3.63, 3.8) is 0 Å². The third-order valence-electron chi connectivity index (χ3n) is 3.60. The molecule has 0 aliphatic carbocycles. The van der Waals surface area contributed by atoms with Gasteiger partial charge in [-0.3, -0.25) is 0 Å². The Morgan fingerprint density at radius 2 is 1.22 bits per heavy atom. The summed E-state index contributed by atoms with van der Waals surface area (Å²) in [5.41, 5.74) is 5.60. The van der Waals surface area contributed by atoms with Gasteiger partial charge >= 0.3 is 0 Å². The van der Waals surface area contributed by atoms with Gasteiger partial charge in [-0.25, -0.2) is 0 Å². The zero-order chi connectivity index (χ0) is 17.5. The van der Waals surface area contributed by atoms with Crippen LogP contribution in [0.2, 0.25) is 0 Å². The van der Waals surface area contributed by atoms with E-state index in [-0.39, 0.29) is 0 Å². The van der Waals surface area contributed by atoms with E-state index in [1.165, 1.54) is 22.3 Å². The van der Waals surface area contributed by atoms with Crippen LogP contribution in [0.4, 0.5) is 0 Å². The lowest BCUT2D eigenvalue weighted by Gasteiger charge is -2.07. The highest BCUT2D eigenvalue weighted by Gasteiger charge is 1.97. The zero-order valence-corrected chi connectivity index (χ0v) is 15.9. The summed E-state index contributed by atoms with van der Waals surface area (Å²) in [6.45, 7) is 14.4. The van der Waals surface area contributed by atoms with Crippen LogP contribution in [0.25, 0.3) is 0 Å². The zero-order valence-electron chi connectivity index (χ0n) is 15.9. The molecule has 0 radical (unpaired) electrons. The highest BCUT2D eigenvalue weighted by Crippen LogP contribution is 2.09. The molecule has 2 rings (SSSR count). The van der Waals surface area contributed by atoms with Crippen molar-refractivity contribution < 1.29 is 0 Å². The van der Waals surface area contributed by atoms with Crippen molar-refractivity contribution in [1.29, 1.82) is 0 Å². The van der Waals surface area contributed by atoms with Gasteiger partial charge in [-0.05, 0) is 62.0 Å². The van der Waals surface area contributed by atoms with Crippen molar-refractivity contribution in [1.82, 2.24) is 5.32 Å². The topological polar surface area (TPSA) is 12.0 Å². The normalized spacial score (nSPS) is 9.30. The summed E-state index contributed by atoms with van der Waals surface area (Å²) in [5, 5.41) is 3.52. The molecule has 0 amide bonds. The van der Waals surface area contributed by atoms with Crippen LogP contribution in [0.5, 0.6) is 0 Å². The lowest BCUT2D eigenvalue weighted by molar-refractivity contribution is 0.681. The highest BCUT2D eigenvalue weighted by atomic mass is 14.8. The summed E-state index contributed by atoms with van der Waals surface area (Å²) in [6.07, 6.45) is 2.21. The number of hydrogen-bond acceptors (Lipinski definition) is 1. The van der Waals surface area contributed by atoms with Crippen LogP contribution in [0.15, 0.2) is 48.5 Å². The molecule has 0 unspecified atom stereocenters. The van der Waals surface area contributed by atoms with Gasteiger partial charge < -0.3 is 5.32 Å². The first-order valence-corrected chi connectivity index (χ1v) is 9.06. The molecule has 0 saturated heterocycles. The minimum atomic E-state index is 1.05. The van der Waals surface area contributed by atoms with Crippen LogP contribution in [-0.2, 0) is 12.8 Å². The molecule has 0 aromatic heterocycles. The van der Waals surface area contributed by atoms with Crippen molar-refractivity contribution in [3.05, 3.63) is 70.8 Å². The summed E-state index contributed by atoms with van der Waals surface area (Å²) < 4.78 is 0. The van der Waals surface area contributed by atoms with Gasteiger partial charge in [0.2, 0.25) is 0 Å². The van der Waals surface area contributed by atoms with Crippen LogP contribution >= 0.6 is 0 Å². The second kappa shape index (κ2) is 14.0. The summed E-state index contributed by atoms with van der Waals surface area (Å²) in [7, 11) is 0. The average molecular weight is 314 g/mol. The van der Waals surface area contributed by atoms with Crippen molar-refractivity contribution >= 4 is 0 Å². The number of aryl methyl sites for hydroxylation is 2. The smallest absolute Gasteiger partial charge is 0.000822 e. The van der Waals surface area contributed by atoms with E-state index in [0.29, 0.717) is 0 Å². The van der Waals surface area contributed by atoms with Gasteiger partial charge in [0, 0.05) is 0 Å². The summed E-state index contributed by atoms with van der Waals surface area (Å²) >= 11 is 0. The fourth-order valence-corrected chi connectivity index (χ4v) is 2.19. The molecule has 0 spiro atoms. The van der Waals surface area contributed by atoms with E-state index in [1.54, 1.807) is 0 Å². The van der Waals surface area contributed by atoms with E-state index >= 15 is 0 Å². The number of benzene rings is 2. The fraction of sp³-hybridized carbons (Fsp3) is 0.455. The van der Waals surface area contributed by atoms with Gasteiger partial charge in [-0.2, -0.15) is 0 Å². The molecule has 2 aromatic rings. The van der Waals surface area contributed by atoms with Crippen LogP contribution in [-0.4, -0.2) is 13.1 Å². The van der Waals surface area contributed by atoms with E-state index in [0.717, 1.165) is 25.9 Å². The molecular weight excluding hydrogens is 278 g/mol. The maximum absolute atomic E-state index is 3.52. The Bertz CT molecular complexity index is 503. The average Bonchev–Trinajstić information content (AvgIpc) is 2.62. The number of hydrogen-bond donors (Lipinski definition) is 1. The standard InChI is InChI=1S/C18H23N.2C2H6/c1-15-8-9-18(14-16(15)2)11-13-19-12-10-17-6-4-3-5-7-17;2*1-2/h3-9,14,19H,10-13H2,1-2H3;2*1-2H3. The molecular formula is C22H35N. The summed E-state index contributed by atoms with van der Waals surface area (Å²) in [6, 6.07) is 17.4. The first-order valence-electron chi connectivity index (χ1n) is 9.06. The first-order chi connectivity index (χ1) is 11.3. The second-order valence-electron chi connectivity index (χ2n) is 5.15. The SMILES string of the molecule is CC.CC.Cc1ccc(CCNCCc2ccccc2)cc1C. The van der Waals surface area contributed by atoms with Crippen molar-refractivity contribution in [3.8, 4) is 0 Å². The monoisotopic (exact) mass is 313 g/mol. The van der Waals surface area contributed by atoms with E-state index in [9.17, 15) is 0 Å². The molecule has 0 aliphatic heterocycles. The molecule has 23 heavy (non-hydrogen) atoms. The number of nitrogens with one attached hydrogen (secondary N) is 1. The minimum absolute atomic E-state index is 1.05. The van der Waals surface area contributed by atoms with E-state index in [2.05, 4.69) is 67.7 Å². The van der Waals surface area contributed by atoms with Gasteiger partial charge in [0.25, 0.3) is 0 Å². The molecule has 1 nitrogen and oxygen atoms in total. The Labute approximate surface area is 144 Å². The molecule has 1 heteroatoms. The third-order valence-corrected chi connectivity index (χ3v) is 3.60. The van der Waals surface area contributed by atoms with Gasteiger partial charge in [-0.15, -0.1) is 0 Å². The fourth-order valence-electron chi connectivity index (χ4n) is 2.19. The molecule has 0 fully saturated rings. The second-order valence-corrected chi connectivity index (χ2v) is 5.15. The minimum Gasteiger partial charge on any atom is -0.316 e. The molecule has 1 N–H and O–H groups in total. The largest absolute Gasteiger partial charge is 0.316 e. The van der Waals surface area contributed by atoms with Crippen LogP contribution in [0.1, 0.15) is 49.9 Å². The molecule has 128 valence electrons. The van der Waals surface area contributed by atoms with E-state index in [1.807, 2.05) is 27.7 Å². The Morgan fingerprint density at radius 3 is 1.78 bits per heavy atom. The Kier molecular flexibility index (Phi) is 13.0. The molecule has 0 saturated carbocycles. The number of rotatable bonds is 6. The van der Waals surface area contributed by atoms with Crippen molar-refractivity contribution in [2.24, 2.45) is 0 Å². The van der Waals surface area contributed by atoms with Crippen LogP contribution in [0.3, 0.4) is 0 Å². The van der Waals surface area contributed by atoms with Crippen molar-refractivity contribution in [2.45, 2.75) is 54.4 Å². The lowest BCUT2D eigenvalue weighted by atomic mass is 10.0. The van der Waals surface area contributed by atoms with Gasteiger partial charge in [0.15, 0.2) is 0 Å². The molecule has 0 aliphatic rings. The quantitative estimate of drug-likeness (QED) is 0.671.